The van der Waals surface area contributed by atoms with E-state index in [0.717, 1.165) is 12.1 Å². The Morgan fingerprint density at radius 2 is 1.48 bits per heavy atom. The Hall–Kier alpha value is -2.15. The third kappa shape index (κ3) is 3.91. The van der Waals surface area contributed by atoms with Gasteiger partial charge < -0.3 is 10.5 Å². The van der Waals surface area contributed by atoms with Crippen molar-refractivity contribution in [2.75, 3.05) is 0 Å². The fourth-order valence-corrected chi connectivity index (χ4v) is 1.78. The van der Waals surface area contributed by atoms with E-state index in [1.807, 2.05) is 0 Å². The van der Waals surface area contributed by atoms with Gasteiger partial charge in [0.1, 0.15) is 5.82 Å². The number of halogens is 5. The van der Waals surface area contributed by atoms with Gasteiger partial charge in [-0.15, -0.1) is 13.2 Å². The van der Waals surface area contributed by atoms with Crippen molar-refractivity contribution < 1.29 is 26.7 Å². The van der Waals surface area contributed by atoms with E-state index in [9.17, 15) is 22.0 Å². The lowest BCUT2D eigenvalue weighted by Gasteiger charge is -2.15. The average Bonchev–Trinajstić information content (AvgIpc) is 2.40. The summed E-state index contributed by atoms with van der Waals surface area (Å²) in [6.45, 7) is 0. The predicted molar refractivity (Wildman–Crippen MR) is 65.5 cm³/mol. The minimum atomic E-state index is -4.97. The zero-order valence-corrected chi connectivity index (χ0v) is 10.5. The number of rotatable bonds is 3. The van der Waals surface area contributed by atoms with Gasteiger partial charge in [-0.05, 0) is 35.4 Å². The van der Waals surface area contributed by atoms with Gasteiger partial charge in [-0.1, -0.05) is 18.2 Å². The van der Waals surface area contributed by atoms with E-state index in [4.69, 9.17) is 5.73 Å². The number of nitrogens with two attached hydrogens (primary N) is 1. The first kappa shape index (κ1) is 15.2. The van der Waals surface area contributed by atoms with Crippen molar-refractivity contribution in [2.24, 2.45) is 5.73 Å². The van der Waals surface area contributed by atoms with Gasteiger partial charge in [-0.2, -0.15) is 0 Å². The van der Waals surface area contributed by atoms with E-state index in [1.165, 1.54) is 30.3 Å². The van der Waals surface area contributed by atoms with Gasteiger partial charge in [0, 0.05) is 0 Å². The Labute approximate surface area is 116 Å². The molecule has 2 rings (SSSR count). The fourth-order valence-electron chi connectivity index (χ4n) is 1.78. The first-order valence-corrected chi connectivity index (χ1v) is 5.82. The van der Waals surface area contributed by atoms with Crippen LogP contribution < -0.4 is 10.5 Å². The van der Waals surface area contributed by atoms with Crippen LogP contribution in [0.5, 0.6) is 5.75 Å². The highest BCUT2D eigenvalue weighted by atomic mass is 19.4. The molecular formula is C14H10F5NO. The zero-order valence-electron chi connectivity index (χ0n) is 10.5. The molecule has 0 aromatic heterocycles. The maximum atomic E-state index is 13.6. The molecule has 7 heteroatoms. The van der Waals surface area contributed by atoms with Gasteiger partial charge in [0.15, 0.2) is 11.6 Å². The van der Waals surface area contributed by atoms with Gasteiger partial charge in [0.2, 0.25) is 0 Å². The van der Waals surface area contributed by atoms with Gasteiger partial charge >= 0.3 is 6.36 Å². The second-order valence-electron chi connectivity index (χ2n) is 4.27. The number of alkyl halides is 3. The summed E-state index contributed by atoms with van der Waals surface area (Å²) in [4.78, 5) is 0. The van der Waals surface area contributed by atoms with E-state index in [0.29, 0.717) is 5.56 Å². The van der Waals surface area contributed by atoms with Crippen molar-refractivity contribution >= 4 is 0 Å². The third-order valence-corrected chi connectivity index (χ3v) is 2.77. The van der Waals surface area contributed by atoms with E-state index in [1.54, 1.807) is 0 Å². The average molecular weight is 303 g/mol. The van der Waals surface area contributed by atoms with Crippen LogP contribution in [-0.4, -0.2) is 6.36 Å². The summed E-state index contributed by atoms with van der Waals surface area (Å²) in [5.74, 6) is -2.56. The summed E-state index contributed by atoms with van der Waals surface area (Å²) in [7, 11) is 0. The van der Waals surface area contributed by atoms with Crippen LogP contribution in [-0.2, 0) is 0 Å². The first-order chi connectivity index (χ1) is 9.76. The monoisotopic (exact) mass is 303 g/mol. The molecule has 0 saturated heterocycles. The van der Waals surface area contributed by atoms with E-state index < -0.39 is 29.8 Å². The van der Waals surface area contributed by atoms with Crippen LogP contribution in [0.3, 0.4) is 0 Å². The van der Waals surface area contributed by atoms with Crippen molar-refractivity contribution in [1.29, 1.82) is 0 Å². The zero-order chi connectivity index (χ0) is 15.6. The second-order valence-corrected chi connectivity index (χ2v) is 4.27. The highest BCUT2D eigenvalue weighted by Crippen LogP contribution is 2.28. The number of benzene rings is 2. The quantitative estimate of drug-likeness (QED) is 0.873. The van der Waals surface area contributed by atoms with Crippen LogP contribution in [0.2, 0.25) is 0 Å². The van der Waals surface area contributed by atoms with Crippen molar-refractivity contribution in [3.05, 3.63) is 65.2 Å². The molecule has 0 aliphatic heterocycles. The molecular weight excluding hydrogens is 293 g/mol. The van der Waals surface area contributed by atoms with E-state index >= 15 is 0 Å². The van der Waals surface area contributed by atoms with Crippen molar-refractivity contribution in [1.82, 2.24) is 0 Å². The van der Waals surface area contributed by atoms with Crippen molar-refractivity contribution in [3.63, 3.8) is 0 Å². The minimum absolute atomic E-state index is 0.244. The lowest BCUT2D eigenvalue weighted by molar-refractivity contribution is -0.275. The predicted octanol–water partition coefficient (Wildman–Crippen LogP) is 3.91. The highest BCUT2D eigenvalue weighted by Gasteiger charge is 2.32. The molecule has 2 nitrogen and oxygen atoms in total. The Bertz CT molecular complexity index is 624. The molecule has 0 radical (unpaired) electrons. The van der Waals surface area contributed by atoms with Gasteiger partial charge in [0.05, 0.1) is 6.04 Å². The molecule has 0 aliphatic rings. The summed E-state index contributed by atoms with van der Waals surface area (Å²) in [6.07, 6.45) is -4.97. The molecule has 112 valence electrons. The van der Waals surface area contributed by atoms with E-state index in [-0.39, 0.29) is 5.56 Å². The standard InChI is InChI=1S/C14H10F5NO/c15-10-4-1-8(2-5-10)13(20)9-3-6-12(11(16)7-9)21-14(17,18)19/h1-7,13H,20H2/t13-/m1/s1. The fraction of sp³-hybridized carbons (Fsp3) is 0.143. The molecule has 21 heavy (non-hydrogen) atoms. The molecule has 2 aromatic rings. The molecule has 0 heterocycles. The van der Waals surface area contributed by atoms with Gasteiger partial charge in [-0.3, -0.25) is 0 Å². The molecule has 0 bridgehead atoms. The largest absolute Gasteiger partial charge is 0.573 e. The Morgan fingerprint density at radius 3 is 2.00 bits per heavy atom. The topological polar surface area (TPSA) is 35.2 Å². The molecule has 2 N–H and O–H groups in total. The molecule has 2 aromatic carbocycles. The Balaban J connectivity index is 2.25. The smallest absolute Gasteiger partial charge is 0.403 e. The molecule has 0 aliphatic carbocycles. The minimum Gasteiger partial charge on any atom is -0.403 e. The summed E-state index contributed by atoms with van der Waals surface area (Å²) >= 11 is 0. The SMILES string of the molecule is N[C@H](c1ccc(F)cc1)c1ccc(OC(F)(F)F)c(F)c1. The van der Waals surface area contributed by atoms with Gasteiger partial charge in [0.25, 0.3) is 0 Å². The molecule has 0 amide bonds. The molecule has 0 unspecified atom stereocenters. The molecule has 0 fully saturated rings. The Kier molecular flexibility index (Phi) is 4.13. The van der Waals surface area contributed by atoms with Crippen LogP contribution in [0, 0.1) is 11.6 Å². The van der Waals surface area contributed by atoms with Crippen LogP contribution in [0.1, 0.15) is 17.2 Å². The van der Waals surface area contributed by atoms with Gasteiger partial charge in [-0.25, -0.2) is 8.78 Å². The number of hydrogen-bond acceptors (Lipinski definition) is 2. The van der Waals surface area contributed by atoms with E-state index in [2.05, 4.69) is 4.74 Å². The maximum absolute atomic E-state index is 13.6. The highest BCUT2D eigenvalue weighted by molar-refractivity contribution is 5.36. The normalized spacial score (nSPS) is 13.0. The number of ether oxygens (including phenoxy) is 1. The maximum Gasteiger partial charge on any atom is 0.573 e. The van der Waals surface area contributed by atoms with Crippen LogP contribution in [0.4, 0.5) is 22.0 Å². The lowest BCUT2D eigenvalue weighted by atomic mass is 9.99. The summed E-state index contributed by atoms with van der Waals surface area (Å²) in [5, 5.41) is 0. The lowest BCUT2D eigenvalue weighted by Crippen LogP contribution is -2.18. The number of hydrogen-bond donors (Lipinski definition) is 1. The van der Waals surface area contributed by atoms with Crippen LogP contribution >= 0.6 is 0 Å². The molecule has 1 atom stereocenters. The third-order valence-electron chi connectivity index (χ3n) is 2.77. The summed E-state index contributed by atoms with van der Waals surface area (Å²) in [6, 6.07) is 7.34. The van der Waals surface area contributed by atoms with Crippen molar-refractivity contribution in [2.45, 2.75) is 12.4 Å². The summed E-state index contributed by atoms with van der Waals surface area (Å²) in [5.41, 5.74) is 6.60. The second kappa shape index (κ2) is 5.69. The van der Waals surface area contributed by atoms with Crippen LogP contribution in [0.15, 0.2) is 42.5 Å². The van der Waals surface area contributed by atoms with Crippen molar-refractivity contribution in [3.8, 4) is 5.75 Å². The Morgan fingerprint density at radius 1 is 0.905 bits per heavy atom. The van der Waals surface area contributed by atoms with Crippen LogP contribution in [0.25, 0.3) is 0 Å². The molecule has 0 spiro atoms. The molecule has 0 saturated carbocycles. The first-order valence-electron chi connectivity index (χ1n) is 5.82. The summed E-state index contributed by atoms with van der Waals surface area (Å²) < 4.78 is 66.0.